The molecule has 0 atom stereocenters. The number of Topliss-reactive ketones (excluding diaryl/α,β-unsaturated/α-hetero) is 1. The van der Waals surface area contributed by atoms with Crippen molar-refractivity contribution < 1.29 is 9.53 Å². The number of nitrogens with zero attached hydrogens (tertiary/aromatic N) is 3. The summed E-state index contributed by atoms with van der Waals surface area (Å²) in [5.41, 5.74) is 1.71. The number of hydrogen-bond donors (Lipinski definition) is 0. The Bertz CT molecular complexity index is 569. The van der Waals surface area contributed by atoms with Crippen molar-refractivity contribution in [2.45, 2.75) is 19.4 Å². The van der Waals surface area contributed by atoms with Crippen LogP contribution in [-0.2, 0) is 17.7 Å². The molecule has 106 valence electrons. The van der Waals surface area contributed by atoms with Crippen LogP contribution in [-0.4, -0.2) is 34.3 Å². The third-order valence-corrected chi connectivity index (χ3v) is 3.54. The van der Waals surface area contributed by atoms with Gasteiger partial charge in [-0.1, -0.05) is 0 Å². The van der Waals surface area contributed by atoms with Gasteiger partial charge in [-0.2, -0.15) is 5.10 Å². The molecule has 0 aliphatic rings. The van der Waals surface area contributed by atoms with Gasteiger partial charge >= 0.3 is 0 Å². The zero-order valence-electron chi connectivity index (χ0n) is 11.3. The van der Waals surface area contributed by atoms with Crippen LogP contribution in [0.4, 0.5) is 0 Å². The predicted molar refractivity (Wildman–Crippen MR) is 78.7 cm³/mol. The molecule has 2 heterocycles. The number of hydrogen-bond acceptors (Lipinski definition) is 4. The molecule has 2 aromatic rings. The molecule has 0 aliphatic heterocycles. The summed E-state index contributed by atoms with van der Waals surface area (Å²) in [6, 6.07) is 3.84. The first-order chi connectivity index (χ1) is 9.72. The number of aromatic nitrogens is 3. The van der Waals surface area contributed by atoms with E-state index in [-0.39, 0.29) is 5.78 Å². The van der Waals surface area contributed by atoms with E-state index in [1.807, 2.05) is 12.1 Å². The zero-order chi connectivity index (χ0) is 14.4. The third kappa shape index (κ3) is 3.74. The summed E-state index contributed by atoms with van der Waals surface area (Å²) in [5, 5.41) is 4.19. The molecule has 0 N–H and O–H groups in total. The Morgan fingerprint density at radius 3 is 2.85 bits per heavy atom. The van der Waals surface area contributed by atoms with E-state index in [1.165, 1.54) is 0 Å². The fraction of sp³-hybridized carbons (Fsp3) is 0.357. The van der Waals surface area contributed by atoms with E-state index in [9.17, 15) is 4.79 Å². The zero-order valence-corrected chi connectivity index (χ0v) is 12.8. The maximum atomic E-state index is 12.3. The van der Waals surface area contributed by atoms with E-state index in [1.54, 1.807) is 30.4 Å². The topological polar surface area (TPSA) is 57.0 Å². The lowest BCUT2D eigenvalue weighted by molar-refractivity contribution is 0.0968. The standard InChI is InChI=1S/C14H16BrN3O2/c1-20-9-8-18-14(12(15)10-17-18)13(19)3-2-11-4-6-16-7-5-11/h4-7,10H,2-3,8-9H2,1H3. The Labute approximate surface area is 126 Å². The molecule has 0 saturated carbocycles. The van der Waals surface area contributed by atoms with Crippen molar-refractivity contribution in [3.63, 3.8) is 0 Å². The second-order valence-electron chi connectivity index (χ2n) is 4.34. The molecule has 5 nitrogen and oxygen atoms in total. The van der Waals surface area contributed by atoms with E-state index in [0.717, 1.165) is 10.0 Å². The summed E-state index contributed by atoms with van der Waals surface area (Å²) >= 11 is 3.38. The van der Waals surface area contributed by atoms with E-state index in [0.29, 0.717) is 31.7 Å². The first-order valence-corrected chi connectivity index (χ1v) is 7.14. The molecule has 20 heavy (non-hydrogen) atoms. The Morgan fingerprint density at radius 1 is 1.40 bits per heavy atom. The van der Waals surface area contributed by atoms with Crippen LogP contribution in [0, 0.1) is 0 Å². The van der Waals surface area contributed by atoms with Gasteiger partial charge < -0.3 is 4.74 Å². The highest BCUT2D eigenvalue weighted by molar-refractivity contribution is 9.10. The van der Waals surface area contributed by atoms with E-state index < -0.39 is 0 Å². The first kappa shape index (κ1) is 14.9. The molecule has 0 saturated heterocycles. The number of methoxy groups -OCH3 is 1. The predicted octanol–water partition coefficient (Wildman–Crippen LogP) is 2.50. The highest BCUT2D eigenvalue weighted by atomic mass is 79.9. The number of carbonyl (C=O) groups excluding carboxylic acids is 1. The number of carbonyl (C=O) groups is 1. The third-order valence-electron chi connectivity index (χ3n) is 2.96. The van der Waals surface area contributed by atoms with Gasteiger partial charge in [0.25, 0.3) is 0 Å². The Morgan fingerprint density at radius 2 is 2.15 bits per heavy atom. The summed E-state index contributed by atoms with van der Waals surface area (Å²) in [7, 11) is 1.63. The number of aryl methyl sites for hydroxylation is 1. The van der Waals surface area contributed by atoms with Crippen LogP contribution in [0.3, 0.4) is 0 Å². The SMILES string of the molecule is COCCn1ncc(Br)c1C(=O)CCc1ccncc1. The van der Waals surface area contributed by atoms with Crippen LogP contribution in [0.1, 0.15) is 22.5 Å². The van der Waals surface area contributed by atoms with Crippen molar-refractivity contribution in [2.75, 3.05) is 13.7 Å². The number of ketones is 1. The van der Waals surface area contributed by atoms with Gasteiger partial charge in [-0.05, 0) is 40.0 Å². The average molecular weight is 338 g/mol. The molecular formula is C14H16BrN3O2. The quantitative estimate of drug-likeness (QED) is 0.728. The molecule has 0 unspecified atom stereocenters. The van der Waals surface area contributed by atoms with Crippen molar-refractivity contribution in [3.8, 4) is 0 Å². The second-order valence-corrected chi connectivity index (χ2v) is 5.19. The monoisotopic (exact) mass is 337 g/mol. The molecule has 0 aromatic carbocycles. The van der Waals surface area contributed by atoms with E-state index >= 15 is 0 Å². The molecular weight excluding hydrogens is 322 g/mol. The molecule has 0 amide bonds. The number of rotatable bonds is 7. The number of halogens is 1. The Hall–Kier alpha value is -1.53. The van der Waals surface area contributed by atoms with Gasteiger partial charge in [-0.15, -0.1) is 0 Å². The summed E-state index contributed by atoms with van der Waals surface area (Å²) in [6.45, 7) is 1.09. The number of ether oxygens (including phenoxy) is 1. The maximum absolute atomic E-state index is 12.3. The Kier molecular flexibility index (Phi) is 5.43. The Balaban J connectivity index is 2.03. The van der Waals surface area contributed by atoms with Crippen LogP contribution >= 0.6 is 15.9 Å². The van der Waals surface area contributed by atoms with Crippen LogP contribution in [0.25, 0.3) is 0 Å². The minimum absolute atomic E-state index is 0.0716. The van der Waals surface area contributed by atoms with E-state index in [2.05, 4.69) is 26.0 Å². The van der Waals surface area contributed by atoms with Crippen LogP contribution in [0.15, 0.2) is 35.2 Å². The van der Waals surface area contributed by atoms with Gasteiger partial charge in [0, 0.05) is 25.9 Å². The van der Waals surface area contributed by atoms with Gasteiger partial charge in [0.15, 0.2) is 5.78 Å². The molecule has 0 bridgehead atoms. The normalized spacial score (nSPS) is 10.7. The van der Waals surface area contributed by atoms with Crippen molar-refractivity contribution in [2.24, 2.45) is 0 Å². The van der Waals surface area contributed by atoms with Gasteiger partial charge in [0.2, 0.25) is 0 Å². The highest BCUT2D eigenvalue weighted by Gasteiger charge is 2.16. The van der Waals surface area contributed by atoms with Gasteiger partial charge in [0.05, 0.1) is 23.8 Å². The minimum atomic E-state index is 0.0716. The highest BCUT2D eigenvalue weighted by Crippen LogP contribution is 2.18. The smallest absolute Gasteiger partial charge is 0.182 e. The lowest BCUT2D eigenvalue weighted by Crippen LogP contribution is -2.14. The summed E-state index contributed by atoms with van der Waals surface area (Å²) < 4.78 is 7.44. The number of pyridine rings is 1. The van der Waals surface area contributed by atoms with Crippen LogP contribution < -0.4 is 0 Å². The lowest BCUT2D eigenvalue weighted by atomic mass is 10.1. The molecule has 0 spiro atoms. The maximum Gasteiger partial charge on any atom is 0.182 e. The molecule has 0 fully saturated rings. The van der Waals surface area contributed by atoms with E-state index in [4.69, 9.17) is 4.74 Å². The largest absolute Gasteiger partial charge is 0.383 e. The fourth-order valence-electron chi connectivity index (χ4n) is 1.91. The molecule has 2 aromatic heterocycles. The minimum Gasteiger partial charge on any atom is -0.383 e. The lowest BCUT2D eigenvalue weighted by Gasteiger charge is -2.07. The van der Waals surface area contributed by atoms with Crippen molar-refractivity contribution in [1.29, 1.82) is 0 Å². The van der Waals surface area contributed by atoms with Gasteiger partial charge in [-0.3, -0.25) is 14.5 Å². The van der Waals surface area contributed by atoms with Crippen LogP contribution in [0.5, 0.6) is 0 Å². The molecule has 6 heteroatoms. The van der Waals surface area contributed by atoms with Crippen molar-refractivity contribution in [1.82, 2.24) is 14.8 Å². The second kappa shape index (κ2) is 7.31. The van der Waals surface area contributed by atoms with Crippen molar-refractivity contribution in [3.05, 3.63) is 46.5 Å². The molecule has 0 aliphatic carbocycles. The van der Waals surface area contributed by atoms with Crippen LogP contribution in [0.2, 0.25) is 0 Å². The fourth-order valence-corrected chi connectivity index (χ4v) is 2.43. The van der Waals surface area contributed by atoms with Crippen molar-refractivity contribution >= 4 is 21.7 Å². The average Bonchev–Trinajstić information content (AvgIpc) is 2.84. The summed E-state index contributed by atoms with van der Waals surface area (Å²) in [5.74, 6) is 0.0716. The van der Waals surface area contributed by atoms with Gasteiger partial charge in [-0.25, -0.2) is 0 Å². The van der Waals surface area contributed by atoms with Gasteiger partial charge in [0.1, 0.15) is 5.69 Å². The molecule has 0 radical (unpaired) electrons. The molecule has 2 rings (SSSR count). The summed E-state index contributed by atoms with van der Waals surface area (Å²) in [6.07, 6.45) is 6.26. The summed E-state index contributed by atoms with van der Waals surface area (Å²) in [4.78, 5) is 16.3. The first-order valence-electron chi connectivity index (χ1n) is 6.34.